The van der Waals surface area contributed by atoms with Gasteiger partial charge < -0.3 is 10.2 Å². The first-order chi connectivity index (χ1) is 11.5. The Balaban J connectivity index is 2.07. The molecule has 0 radical (unpaired) electrons. The van der Waals surface area contributed by atoms with Gasteiger partial charge in [0, 0.05) is 25.8 Å². The molecule has 1 amide bonds. The lowest BCUT2D eigenvalue weighted by Gasteiger charge is -2.17. The molecule has 0 unspecified atom stereocenters. The number of hydrogen-bond donors (Lipinski definition) is 1. The summed E-state index contributed by atoms with van der Waals surface area (Å²) in [6.07, 6.45) is 2.18. The molecule has 5 heteroatoms. The third kappa shape index (κ3) is 5.05. The first-order valence-corrected chi connectivity index (χ1v) is 8.40. The van der Waals surface area contributed by atoms with Crippen molar-refractivity contribution in [1.29, 1.82) is 0 Å². The molecular formula is C19H26N4O. The van der Waals surface area contributed by atoms with Gasteiger partial charge in [0.2, 0.25) is 5.95 Å². The molecule has 1 heterocycles. The second kappa shape index (κ2) is 8.43. The predicted molar refractivity (Wildman–Crippen MR) is 97.3 cm³/mol. The average Bonchev–Trinajstić information content (AvgIpc) is 2.57. The van der Waals surface area contributed by atoms with Crippen LogP contribution in [0.2, 0.25) is 0 Å². The minimum Gasteiger partial charge on any atom is -0.347 e. The van der Waals surface area contributed by atoms with Gasteiger partial charge in [0.25, 0.3) is 5.91 Å². The van der Waals surface area contributed by atoms with Crippen molar-refractivity contribution < 1.29 is 4.79 Å². The van der Waals surface area contributed by atoms with E-state index in [-0.39, 0.29) is 5.91 Å². The number of nitrogens with one attached hydrogen (secondary N) is 1. The number of aromatic nitrogens is 2. The fourth-order valence-corrected chi connectivity index (χ4v) is 2.43. The molecule has 2 aromatic rings. The Morgan fingerprint density at radius 3 is 2.71 bits per heavy atom. The normalized spacial score (nSPS) is 10.5. The number of carbonyl (C=O) groups is 1. The second-order valence-electron chi connectivity index (χ2n) is 6.14. The van der Waals surface area contributed by atoms with E-state index in [9.17, 15) is 4.79 Å². The van der Waals surface area contributed by atoms with Gasteiger partial charge in [0.1, 0.15) is 5.69 Å². The zero-order chi connectivity index (χ0) is 17.5. The lowest BCUT2D eigenvalue weighted by molar-refractivity contribution is 0.0945. The fraction of sp³-hybridized carbons (Fsp3) is 0.421. The van der Waals surface area contributed by atoms with Crippen molar-refractivity contribution in [3.05, 3.63) is 52.8 Å². The largest absolute Gasteiger partial charge is 0.347 e. The van der Waals surface area contributed by atoms with Gasteiger partial charge in [-0.15, -0.1) is 0 Å². The van der Waals surface area contributed by atoms with Crippen molar-refractivity contribution in [2.75, 3.05) is 18.5 Å². The summed E-state index contributed by atoms with van der Waals surface area (Å²) in [7, 11) is 1.96. The minimum atomic E-state index is -0.174. The van der Waals surface area contributed by atoms with Gasteiger partial charge in [-0.3, -0.25) is 4.79 Å². The Morgan fingerprint density at radius 1 is 1.21 bits per heavy atom. The zero-order valence-corrected chi connectivity index (χ0v) is 15.0. The first kappa shape index (κ1) is 17.9. The van der Waals surface area contributed by atoms with Crippen molar-refractivity contribution in [2.24, 2.45) is 0 Å². The minimum absolute atomic E-state index is 0.174. The monoisotopic (exact) mass is 326 g/mol. The highest BCUT2D eigenvalue weighted by Gasteiger charge is 2.12. The lowest BCUT2D eigenvalue weighted by atomic mass is 10.1. The van der Waals surface area contributed by atoms with Crippen LogP contribution in [0.25, 0.3) is 0 Å². The molecule has 128 valence electrons. The molecular weight excluding hydrogens is 300 g/mol. The van der Waals surface area contributed by atoms with Crippen LogP contribution in [-0.2, 0) is 6.54 Å². The molecule has 0 atom stereocenters. The number of unbranched alkanes of at least 4 members (excludes halogenated alkanes) is 1. The zero-order valence-electron chi connectivity index (χ0n) is 15.0. The molecule has 1 aromatic heterocycles. The van der Waals surface area contributed by atoms with E-state index in [1.54, 1.807) is 6.07 Å². The molecule has 5 nitrogen and oxygen atoms in total. The van der Waals surface area contributed by atoms with Crippen LogP contribution < -0.4 is 10.2 Å². The van der Waals surface area contributed by atoms with Crippen molar-refractivity contribution in [3.8, 4) is 0 Å². The van der Waals surface area contributed by atoms with Crippen molar-refractivity contribution in [1.82, 2.24) is 15.3 Å². The SMILES string of the molecule is CCCCN(C)c1nc(C)cc(C(=O)NCc2cccc(C)c2)n1. The molecule has 0 spiro atoms. The van der Waals surface area contributed by atoms with Crippen LogP contribution in [-0.4, -0.2) is 29.5 Å². The maximum Gasteiger partial charge on any atom is 0.270 e. The summed E-state index contributed by atoms with van der Waals surface area (Å²) < 4.78 is 0. The van der Waals surface area contributed by atoms with E-state index in [4.69, 9.17) is 0 Å². The summed E-state index contributed by atoms with van der Waals surface area (Å²) in [6, 6.07) is 9.82. The van der Waals surface area contributed by atoms with Gasteiger partial charge in [-0.05, 0) is 31.9 Å². The predicted octanol–water partition coefficient (Wildman–Crippen LogP) is 3.26. The number of aryl methyl sites for hydroxylation is 2. The van der Waals surface area contributed by atoms with Crippen LogP contribution in [0.5, 0.6) is 0 Å². The fourth-order valence-electron chi connectivity index (χ4n) is 2.43. The van der Waals surface area contributed by atoms with E-state index in [2.05, 4.69) is 28.3 Å². The summed E-state index contributed by atoms with van der Waals surface area (Å²) in [6.45, 7) is 7.44. The van der Waals surface area contributed by atoms with Crippen LogP contribution in [0.15, 0.2) is 30.3 Å². The van der Waals surface area contributed by atoms with Crippen molar-refractivity contribution in [2.45, 2.75) is 40.2 Å². The number of benzene rings is 1. The molecule has 0 fully saturated rings. The quantitative estimate of drug-likeness (QED) is 0.848. The molecule has 1 aromatic carbocycles. The van der Waals surface area contributed by atoms with E-state index in [1.165, 1.54) is 5.56 Å². The van der Waals surface area contributed by atoms with Crippen LogP contribution >= 0.6 is 0 Å². The number of anilines is 1. The highest BCUT2D eigenvalue weighted by Crippen LogP contribution is 2.10. The summed E-state index contributed by atoms with van der Waals surface area (Å²) in [4.78, 5) is 23.3. The molecule has 24 heavy (non-hydrogen) atoms. The van der Waals surface area contributed by atoms with E-state index in [0.717, 1.165) is 30.6 Å². The topological polar surface area (TPSA) is 58.1 Å². The Bertz CT molecular complexity index is 700. The number of amides is 1. The maximum absolute atomic E-state index is 12.4. The van der Waals surface area contributed by atoms with Gasteiger partial charge in [-0.1, -0.05) is 43.2 Å². The van der Waals surface area contributed by atoms with Crippen molar-refractivity contribution >= 4 is 11.9 Å². The second-order valence-corrected chi connectivity index (χ2v) is 6.14. The van der Waals surface area contributed by atoms with Gasteiger partial charge in [-0.25, -0.2) is 9.97 Å². The Kier molecular flexibility index (Phi) is 6.29. The van der Waals surface area contributed by atoms with Gasteiger partial charge in [0.15, 0.2) is 0 Å². The Labute approximate surface area is 144 Å². The third-order valence-electron chi connectivity index (χ3n) is 3.80. The summed E-state index contributed by atoms with van der Waals surface area (Å²) in [5.41, 5.74) is 3.46. The van der Waals surface area contributed by atoms with E-state index in [0.29, 0.717) is 18.2 Å². The molecule has 0 aliphatic rings. The summed E-state index contributed by atoms with van der Waals surface area (Å²) >= 11 is 0. The van der Waals surface area contributed by atoms with Crippen LogP contribution in [0.1, 0.15) is 47.1 Å². The molecule has 0 bridgehead atoms. The molecule has 1 N–H and O–H groups in total. The lowest BCUT2D eigenvalue weighted by Crippen LogP contribution is -2.27. The van der Waals surface area contributed by atoms with Crippen LogP contribution in [0, 0.1) is 13.8 Å². The standard InChI is InChI=1S/C19H26N4O/c1-5-6-10-23(4)19-21-15(3)12-17(22-19)18(24)20-13-16-9-7-8-14(2)11-16/h7-9,11-12H,5-6,10,13H2,1-4H3,(H,20,24). The maximum atomic E-state index is 12.4. The average molecular weight is 326 g/mol. The van der Waals surface area contributed by atoms with Gasteiger partial charge in [-0.2, -0.15) is 0 Å². The molecule has 0 aliphatic heterocycles. The number of nitrogens with zero attached hydrogens (tertiary/aromatic N) is 3. The number of hydrogen-bond acceptors (Lipinski definition) is 4. The van der Waals surface area contributed by atoms with Gasteiger partial charge >= 0.3 is 0 Å². The molecule has 2 rings (SSSR count). The molecule has 0 aliphatic carbocycles. The summed E-state index contributed by atoms with van der Waals surface area (Å²) in [5, 5.41) is 2.93. The van der Waals surface area contributed by atoms with E-state index in [1.807, 2.05) is 44.0 Å². The van der Waals surface area contributed by atoms with E-state index >= 15 is 0 Å². The van der Waals surface area contributed by atoms with Crippen LogP contribution in [0.4, 0.5) is 5.95 Å². The molecule has 0 saturated heterocycles. The highest BCUT2D eigenvalue weighted by molar-refractivity contribution is 5.92. The van der Waals surface area contributed by atoms with Gasteiger partial charge in [0.05, 0.1) is 0 Å². The Hall–Kier alpha value is -2.43. The van der Waals surface area contributed by atoms with Crippen LogP contribution in [0.3, 0.4) is 0 Å². The smallest absolute Gasteiger partial charge is 0.270 e. The summed E-state index contributed by atoms with van der Waals surface area (Å²) in [5.74, 6) is 0.427. The number of rotatable bonds is 7. The Morgan fingerprint density at radius 2 is 2.00 bits per heavy atom. The van der Waals surface area contributed by atoms with Crippen molar-refractivity contribution in [3.63, 3.8) is 0 Å². The first-order valence-electron chi connectivity index (χ1n) is 8.40. The third-order valence-corrected chi connectivity index (χ3v) is 3.80. The number of carbonyl (C=O) groups excluding carboxylic acids is 1. The highest BCUT2D eigenvalue weighted by atomic mass is 16.1. The van der Waals surface area contributed by atoms with E-state index < -0.39 is 0 Å². The molecule has 0 saturated carbocycles.